The van der Waals surface area contributed by atoms with Crippen LogP contribution in [0.2, 0.25) is 0 Å². The molecule has 1 saturated heterocycles. The van der Waals surface area contributed by atoms with Gasteiger partial charge >= 0.3 is 0 Å². The zero-order chi connectivity index (χ0) is 13.2. The molecule has 1 atom stereocenters. The molecule has 1 aromatic heterocycles. The minimum absolute atomic E-state index is 0.174. The van der Waals surface area contributed by atoms with E-state index in [0.29, 0.717) is 12.3 Å². The first-order chi connectivity index (χ1) is 8.47. The van der Waals surface area contributed by atoms with Gasteiger partial charge in [0.2, 0.25) is 0 Å². The number of nitrogens with zero attached hydrogens (tertiary/aromatic N) is 3. The molecule has 102 valence electrons. The molecule has 0 amide bonds. The minimum Gasteiger partial charge on any atom is -0.303 e. The van der Waals surface area contributed by atoms with E-state index in [0.717, 1.165) is 30.4 Å². The molecule has 7 heteroatoms. The summed E-state index contributed by atoms with van der Waals surface area (Å²) in [6, 6.07) is 0. The Kier molecular flexibility index (Phi) is 4.45. The van der Waals surface area contributed by atoms with Crippen molar-refractivity contribution in [2.75, 3.05) is 25.9 Å². The van der Waals surface area contributed by atoms with Crippen molar-refractivity contribution in [1.29, 1.82) is 0 Å². The largest absolute Gasteiger partial charge is 0.303 e. The Morgan fingerprint density at radius 3 is 2.94 bits per heavy atom. The number of sulfone groups is 1. The van der Waals surface area contributed by atoms with Crippen LogP contribution in [-0.4, -0.2) is 54.2 Å². The highest BCUT2D eigenvalue weighted by Crippen LogP contribution is 2.20. The summed E-state index contributed by atoms with van der Waals surface area (Å²) in [7, 11) is -0.868. The Morgan fingerprint density at radius 1 is 1.61 bits per heavy atom. The number of likely N-dealkylation sites (N-methyl/N-ethyl adjacent to an activating group) is 1. The monoisotopic (exact) mass is 335 g/mol. The second-order valence-electron chi connectivity index (χ2n) is 4.82. The molecule has 1 aliphatic rings. The van der Waals surface area contributed by atoms with Gasteiger partial charge in [0.05, 0.1) is 28.2 Å². The Bertz CT molecular complexity index is 500. The number of rotatable bonds is 5. The van der Waals surface area contributed by atoms with E-state index in [1.165, 1.54) is 0 Å². The topological polar surface area (TPSA) is 55.2 Å². The fourth-order valence-corrected chi connectivity index (χ4v) is 4.47. The lowest BCUT2D eigenvalue weighted by Gasteiger charge is -2.20. The van der Waals surface area contributed by atoms with Gasteiger partial charge < -0.3 is 4.90 Å². The second kappa shape index (κ2) is 5.71. The molecule has 1 aliphatic heterocycles. The van der Waals surface area contributed by atoms with Crippen LogP contribution in [0, 0.1) is 0 Å². The van der Waals surface area contributed by atoms with Crippen LogP contribution < -0.4 is 0 Å². The molecule has 0 aromatic carbocycles. The van der Waals surface area contributed by atoms with E-state index in [4.69, 9.17) is 0 Å². The van der Waals surface area contributed by atoms with Crippen molar-refractivity contribution < 1.29 is 8.42 Å². The zero-order valence-electron chi connectivity index (χ0n) is 10.4. The summed E-state index contributed by atoms with van der Waals surface area (Å²) in [5, 5.41) is 4.00. The van der Waals surface area contributed by atoms with Gasteiger partial charge in [0, 0.05) is 19.3 Å². The first kappa shape index (κ1) is 14.0. The van der Waals surface area contributed by atoms with Crippen molar-refractivity contribution in [2.24, 2.45) is 0 Å². The van der Waals surface area contributed by atoms with Crippen LogP contribution in [0.4, 0.5) is 0 Å². The van der Waals surface area contributed by atoms with Gasteiger partial charge in [-0.3, -0.25) is 4.68 Å². The Morgan fingerprint density at radius 2 is 2.39 bits per heavy atom. The van der Waals surface area contributed by atoms with Crippen LogP contribution in [0.3, 0.4) is 0 Å². The van der Waals surface area contributed by atoms with E-state index < -0.39 is 9.84 Å². The van der Waals surface area contributed by atoms with Gasteiger partial charge in [0.1, 0.15) is 0 Å². The fourth-order valence-electron chi connectivity index (χ4n) is 2.24. The standard InChI is InChI=1S/C11H18BrN3O2S/c1-14(4-5-15-8-10(12)7-13-15)9-11-3-2-6-18(11,16)17/h7-8,11H,2-6,9H2,1H3. The van der Waals surface area contributed by atoms with E-state index in [1.54, 1.807) is 6.20 Å². The Hall–Kier alpha value is -0.400. The second-order valence-corrected chi connectivity index (χ2v) is 8.13. The van der Waals surface area contributed by atoms with Crippen molar-refractivity contribution in [3.63, 3.8) is 0 Å². The quantitative estimate of drug-likeness (QED) is 0.810. The van der Waals surface area contributed by atoms with Crippen LogP contribution in [0.15, 0.2) is 16.9 Å². The molecule has 0 aliphatic carbocycles. The fraction of sp³-hybridized carbons (Fsp3) is 0.727. The van der Waals surface area contributed by atoms with E-state index in [2.05, 4.69) is 25.9 Å². The van der Waals surface area contributed by atoms with E-state index in [9.17, 15) is 8.42 Å². The van der Waals surface area contributed by atoms with Gasteiger partial charge in [-0.25, -0.2) is 8.42 Å². The van der Waals surface area contributed by atoms with E-state index >= 15 is 0 Å². The first-order valence-corrected chi connectivity index (χ1v) is 8.56. The molecule has 0 spiro atoms. The lowest BCUT2D eigenvalue weighted by molar-refractivity contribution is 0.308. The molecule has 5 nitrogen and oxygen atoms in total. The summed E-state index contributed by atoms with van der Waals surface area (Å²) in [5.74, 6) is 0.359. The summed E-state index contributed by atoms with van der Waals surface area (Å²) >= 11 is 3.35. The smallest absolute Gasteiger partial charge is 0.154 e. The normalized spacial score (nSPS) is 22.7. The molecule has 2 rings (SSSR count). The third-order valence-electron chi connectivity index (χ3n) is 3.29. The SMILES string of the molecule is CN(CCn1cc(Br)cn1)CC1CCCS1(=O)=O. The third kappa shape index (κ3) is 3.55. The molecular formula is C11H18BrN3O2S. The van der Waals surface area contributed by atoms with Crippen LogP contribution in [0.1, 0.15) is 12.8 Å². The number of hydrogen-bond donors (Lipinski definition) is 0. The average molecular weight is 336 g/mol. The predicted octanol–water partition coefficient (Wildman–Crippen LogP) is 1.15. The van der Waals surface area contributed by atoms with Crippen molar-refractivity contribution in [2.45, 2.75) is 24.6 Å². The maximum absolute atomic E-state index is 11.7. The Labute approximate surface area is 116 Å². The molecule has 0 radical (unpaired) electrons. The average Bonchev–Trinajstić information content (AvgIpc) is 2.83. The predicted molar refractivity (Wildman–Crippen MR) is 74.2 cm³/mol. The molecular weight excluding hydrogens is 318 g/mol. The van der Waals surface area contributed by atoms with Crippen LogP contribution >= 0.6 is 15.9 Å². The molecule has 2 heterocycles. The molecule has 1 unspecified atom stereocenters. The summed E-state index contributed by atoms with van der Waals surface area (Å²) in [6.45, 7) is 2.21. The van der Waals surface area contributed by atoms with Crippen LogP contribution in [0.5, 0.6) is 0 Å². The van der Waals surface area contributed by atoms with Gasteiger partial charge in [-0.05, 0) is 35.8 Å². The van der Waals surface area contributed by atoms with Gasteiger partial charge in [0.25, 0.3) is 0 Å². The summed E-state index contributed by atoms with van der Waals surface area (Å²) in [6.07, 6.45) is 5.29. The summed E-state index contributed by atoms with van der Waals surface area (Å²) < 4.78 is 26.3. The van der Waals surface area contributed by atoms with Gasteiger partial charge in [-0.1, -0.05) is 0 Å². The molecule has 18 heavy (non-hydrogen) atoms. The minimum atomic E-state index is -2.83. The van der Waals surface area contributed by atoms with Crippen LogP contribution in [-0.2, 0) is 16.4 Å². The number of halogens is 1. The number of hydrogen-bond acceptors (Lipinski definition) is 4. The van der Waals surface area contributed by atoms with Gasteiger partial charge in [-0.15, -0.1) is 0 Å². The summed E-state index contributed by atoms with van der Waals surface area (Å²) in [5.41, 5.74) is 0. The highest BCUT2D eigenvalue weighted by Gasteiger charge is 2.31. The molecule has 1 fully saturated rings. The summed E-state index contributed by atoms with van der Waals surface area (Å²) in [4.78, 5) is 2.07. The van der Waals surface area contributed by atoms with Crippen molar-refractivity contribution in [3.8, 4) is 0 Å². The highest BCUT2D eigenvalue weighted by atomic mass is 79.9. The van der Waals surface area contributed by atoms with Gasteiger partial charge in [-0.2, -0.15) is 5.10 Å². The molecule has 0 bridgehead atoms. The lowest BCUT2D eigenvalue weighted by Crippen LogP contribution is -2.34. The maximum Gasteiger partial charge on any atom is 0.154 e. The Balaban J connectivity index is 1.80. The van der Waals surface area contributed by atoms with Crippen molar-refractivity contribution in [1.82, 2.24) is 14.7 Å². The van der Waals surface area contributed by atoms with E-state index in [1.807, 2.05) is 17.9 Å². The third-order valence-corrected chi connectivity index (χ3v) is 5.96. The van der Waals surface area contributed by atoms with E-state index in [-0.39, 0.29) is 5.25 Å². The zero-order valence-corrected chi connectivity index (χ0v) is 12.8. The molecule has 0 N–H and O–H groups in total. The van der Waals surface area contributed by atoms with Crippen LogP contribution in [0.25, 0.3) is 0 Å². The van der Waals surface area contributed by atoms with Gasteiger partial charge in [0.15, 0.2) is 9.84 Å². The molecule has 0 saturated carbocycles. The first-order valence-electron chi connectivity index (χ1n) is 6.05. The highest BCUT2D eigenvalue weighted by molar-refractivity contribution is 9.10. The maximum atomic E-state index is 11.7. The molecule has 1 aromatic rings. The van der Waals surface area contributed by atoms with Crippen molar-refractivity contribution in [3.05, 3.63) is 16.9 Å². The van der Waals surface area contributed by atoms with Crippen molar-refractivity contribution >= 4 is 25.8 Å². The number of aromatic nitrogens is 2. The lowest BCUT2D eigenvalue weighted by atomic mass is 10.2.